The third-order valence-corrected chi connectivity index (χ3v) is 4.49. The molecule has 1 saturated heterocycles. The van der Waals surface area contributed by atoms with E-state index in [-0.39, 0.29) is 0 Å². The standard InChI is InChI=1S/C14H24N4/c1-18-14-4-2-3-13(12(14)10-17-18)16-9-11-5-7-15-8-6-11/h10-11,13,15-16H,2-9H2,1H3. The summed E-state index contributed by atoms with van der Waals surface area (Å²) in [6, 6.07) is 0.539. The van der Waals surface area contributed by atoms with Crippen molar-refractivity contribution in [2.75, 3.05) is 19.6 Å². The third-order valence-electron chi connectivity index (χ3n) is 4.49. The van der Waals surface area contributed by atoms with E-state index in [0.29, 0.717) is 6.04 Å². The van der Waals surface area contributed by atoms with Gasteiger partial charge >= 0.3 is 0 Å². The molecule has 18 heavy (non-hydrogen) atoms. The largest absolute Gasteiger partial charge is 0.317 e. The van der Waals surface area contributed by atoms with E-state index in [1.807, 2.05) is 4.68 Å². The zero-order valence-electron chi connectivity index (χ0n) is 11.3. The molecule has 2 heterocycles. The Hall–Kier alpha value is -0.870. The summed E-state index contributed by atoms with van der Waals surface area (Å²) in [4.78, 5) is 0. The predicted molar refractivity (Wildman–Crippen MR) is 72.5 cm³/mol. The quantitative estimate of drug-likeness (QED) is 0.849. The van der Waals surface area contributed by atoms with Gasteiger partial charge in [0.2, 0.25) is 0 Å². The van der Waals surface area contributed by atoms with E-state index in [1.54, 1.807) is 0 Å². The Kier molecular flexibility index (Phi) is 3.66. The summed E-state index contributed by atoms with van der Waals surface area (Å²) >= 11 is 0. The molecule has 2 N–H and O–H groups in total. The third kappa shape index (κ3) is 2.45. The monoisotopic (exact) mass is 248 g/mol. The van der Waals surface area contributed by atoms with E-state index in [9.17, 15) is 0 Å². The molecule has 0 spiro atoms. The van der Waals surface area contributed by atoms with Crippen LogP contribution in [0.15, 0.2) is 6.20 Å². The van der Waals surface area contributed by atoms with Gasteiger partial charge in [0.25, 0.3) is 0 Å². The summed E-state index contributed by atoms with van der Waals surface area (Å²) in [5.41, 5.74) is 2.88. The second kappa shape index (κ2) is 5.41. The fourth-order valence-electron chi connectivity index (χ4n) is 3.31. The molecule has 1 fully saturated rings. The van der Waals surface area contributed by atoms with Crippen LogP contribution < -0.4 is 10.6 Å². The van der Waals surface area contributed by atoms with Crippen LogP contribution in [-0.2, 0) is 13.5 Å². The zero-order chi connectivity index (χ0) is 12.4. The average Bonchev–Trinajstić information content (AvgIpc) is 2.80. The smallest absolute Gasteiger partial charge is 0.0540 e. The maximum absolute atomic E-state index is 4.41. The number of aryl methyl sites for hydroxylation is 1. The fraction of sp³-hybridized carbons (Fsp3) is 0.786. The molecule has 3 rings (SSSR count). The summed E-state index contributed by atoms with van der Waals surface area (Å²) in [6.07, 6.45) is 8.45. The van der Waals surface area contributed by atoms with Crippen LogP contribution in [0.5, 0.6) is 0 Å². The van der Waals surface area contributed by atoms with Crippen LogP contribution in [0, 0.1) is 5.92 Å². The lowest BCUT2D eigenvalue weighted by molar-refractivity contribution is 0.330. The van der Waals surface area contributed by atoms with E-state index in [2.05, 4.69) is 29.0 Å². The number of piperidine rings is 1. The number of fused-ring (bicyclic) bond motifs is 1. The molecule has 1 aromatic heterocycles. The fourth-order valence-corrected chi connectivity index (χ4v) is 3.31. The molecule has 0 saturated carbocycles. The Morgan fingerprint density at radius 2 is 2.22 bits per heavy atom. The first-order valence-electron chi connectivity index (χ1n) is 7.29. The van der Waals surface area contributed by atoms with Crippen LogP contribution in [0.1, 0.15) is 43.0 Å². The number of rotatable bonds is 3. The molecule has 1 aliphatic heterocycles. The number of aromatic nitrogens is 2. The lowest BCUT2D eigenvalue weighted by Gasteiger charge is -2.28. The lowest BCUT2D eigenvalue weighted by Crippen LogP contribution is -2.35. The van der Waals surface area contributed by atoms with Crippen molar-refractivity contribution in [3.8, 4) is 0 Å². The predicted octanol–water partition coefficient (Wildman–Crippen LogP) is 1.39. The van der Waals surface area contributed by atoms with Gasteiger partial charge in [0.15, 0.2) is 0 Å². The molecule has 0 bridgehead atoms. The molecule has 1 aromatic rings. The van der Waals surface area contributed by atoms with E-state index in [4.69, 9.17) is 0 Å². The van der Waals surface area contributed by atoms with Crippen molar-refractivity contribution in [1.82, 2.24) is 20.4 Å². The molecule has 4 heteroatoms. The van der Waals surface area contributed by atoms with Crippen LogP contribution in [-0.4, -0.2) is 29.4 Å². The molecule has 0 amide bonds. The number of hydrogen-bond acceptors (Lipinski definition) is 3. The Morgan fingerprint density at radius 1 is 1.39 bits per heavy atom. The molecule has 1 aliphatic carbocycles. The SMILES string of the molecule is Cn1ncc2c1CCCC2NCC1CCNCC1. The van der Waals surface area contributed by atoms with Gasteiger partial charge in [0.05, 0.1) is 6.20 Å². The van der Waals surface area contributed by atoms with E-state index in [1.165, 1.54) is 63.0 Å². The van der Waals surface area contributed by atoms with Crippen LogP contribution >= 0.6 is 0 Å². The van der Waals surface area contributed by atoms with Crippen molar-refractivity contribution in [3.05, 3.63) is 17.5 Å². The van der Waals surface area contributed by atoms with Crippen LogP contribution in [0.2, 0.25) is 0 Å². The molecule has 0 aromatic carbocycles. The van der Waals surface area contributed by atoms with Crippen molar-refractivity contribution in [3.63, 3.8) is 0 Å². The molecule has 4 nitrogen and oxygen atoms in total. The Labute approximate surface area is 109 Å². The highest BCUT2D eigenvalue weighted by atomic mass is 15.3. The van der Waals surface area contributed by atoms with E-state index < -0.39 is 0 Å². The Bertz CT molecular complexity index is 392. The first-order valence-corrected chi connectivity index (χ1v) is 7.29. The van der Waals surface area contributed by atoms with Crippen LogP contribution in [0.4, 0.5) is 0 Å². The first kappa shape index (κ1) is 12.2. The molecule has 1 unspecified atom stereocenters. The molecular weight excluding hydrogens is 224 g/mol. The molecular formula is C14H24N4. The highest BCUT2D eigenvalue weighted by Crippen LogP contribution is 2.29. The van der Waals surface area contributed by atoms with Gasteiger partial charge in [0.1, 0.15) is 0 Å². The maximum Gasteiger partial charge on any atom is 0.0540 e. The second-order valence-corrected chi connectivity index (χ2v) is 5.72. The minimum absolute atomic E-state index is 0.539. The minimum Gasteiger partial charge on any atom is -0.317 e. The number of nitrogens with zero attached hydrogens (tertiary/aromatic N) is 2. The maximum atomic E-state index is 4.41. The second-order valence-electron chi connectivity index (χ2n) is 5.72. The van der Waals surface area contributed by atoms with Gasteiger partial charge < -0.3 is 10.6 Å². The summed E-state index contributed by atoms with van der Waals surface area (Å²) in [5.74, 6) is 0.855. The van der Waals surface area contributed by atoms with Gasteiger partial charge in [-0.15, -0.1) is 0 Å². The van der Waals surface area contributed by atoms with Crippen molar-refractivity contribution in [2.24, 2.45) is 13.0 Å². The molecule has 0 radical (unpaired) electrons. The van der Waals surface area contributed by atoms with E-state index >= 15 is 0 Å². The van der Waals surface area contributed by atoms with E-state index in [0.717, 1.165) is 5.92 Å². The first-order chi connectivity index (χ1) is 8.84. The van der Waals surface area contributed by atoms with Gasteiger partial charge in [-0.1, -0.05) is 0 Å². The molecule has 2 aliphatic rings. The highest BCUT2D eigenvalue weighted by Gasteiger charge is 2.24. The lowest BCUT2D eigenvalue weighted by atomic mass is 9.91. The summed E-state index contributed by atoms with van der Waals surface area (Å²) in [5, 5.41) is 11.6. The molecule has 100 valence electrons. The van der Waals surface area contributed by atoms with Crippen molar-refractivity contribution < 1.29 is 0 Å². The van der Waals surface area contributed by atoms with Gasteiger partial charge in [-0.25, -0.2) is 0 Å². The van der Waals surface area contributed by atoms with Crippen molar-refractivity contribution in [1.29, 1.82) is 0 Å². The van der Waals surface area contributed by atoms with Crippen LogP contribution in [0.25, 0.3) is 0 Å². The number of hydrogen-bond donors (Lipinski definition) is 2. The Balaban J connectivity index is 1.60. The average molecular weight is 248 g/mol. The van der Waals surface area contributed by atoms with Gasteiger partial charge in [-0.2, -0.15) is 5.10 Å². The highest BCUT2D eigenvalue weighted by molar-refractivity contribution is 5.24. The minimum atomic E-state index is 0.539. The van der Waals surface area contributed by atoms with Crippen LogP contribution in [0.3, 0.4) is 0 Å². The van der Waals surface area contributed by atoms with Crippen molar-refractivity contribution in [2.45, 2.75) is 38.1 Å². The number of nitrogens with one attached hydrogen (secondary N) is 2. The zero-order valence-corrected chi connectivity index (χ0v) is 11.3. The molecule has 1 atom stereocenters. The van der Waals surface area contributed by atoms with Gasteiger partial charge in [0, 0.05) is 24.3 Å². The topological polar surface area (TPSA) is 41.9 Å². The summed E-state index contributed by atoms with van der Waals surface area (Å²) < 4.78 is 2.05. The normalized spacial score (nSPS) is 25.1. The van der Waals surface area contributed by atoms with Gasteiger partial charge in [-0.05, 0) is 57.7 Å². The summed E-state index contributed by atoms with van der Waals surface area (Å²) in [7, 11) is 2.06. The summed E-state index contributed by atoms with van der Waals surface area (Å²) in [6.45, 7) is 3.55. The van der Waals surface area contributed by atoms with Gasteiger partial charge in [-0.3, -0.25) is 4.68 Å². The Morgan fingerprint density at radius 3 is 3.06 bits per heavy atom. The van der Waals surface area contributed by atoms with Crippen molar-refractivity contribution >= 4 is 0 Å².